The Morgan fingerprint density at radius 1 is 1.39 bits per heavy atom. The number of hydrogen-bond acceptors (Lipinski definition) is 3. The summed E-state index contributed by atoms with van der Waals surface area (Å²) in [7, 11) is -2.90. The van der Waals surface area contributed by atoms with Crippen LogP contribution in [0.4, 0.5) is 8.78 Å². The van der Waals surface area contributed by atoms with Crippen molar-refractivity contribution in [3.8, 4) is 0 Å². The minimum Gasteiger partial charge on any atom is -0.309 e. The minimum absolute atomic E-state index is 0.114. The Labute approximate surface area is 106 Å². The van der Waals surface area contributed by atoms with Crippen molar-refractivity contribution in [1.82, 2.24) is 5.32 Å². The van der Waals surface area contributed by atoms with Crippen LogP contribution in [0.25, 0.3) is 0 Å². The molecule has 1 saturated carbocycles. The average Bonchev–Trinajstić information content (AvgIpc) is 2.60. The Morgan fingerprint density at radius 2 is 2.00 bits per heavy atom. The maximum atomic E-state index is 13.5. The highest BCUT2D eigenvalue weighted by atomic mass is 32.2. The number of rotatable bonds is 3. The largest absolute Gasteiger partial charge is 0.309 e. The third kappa shape index (κ3) is 1.58. The molecule has 2 unspecified atom stereocenters. The van der Waals surface area contributed by atoms with Gasteiger partial charge in [0.2, 0.25) is 0 Å². The number of nitrogens with one attached hydrogen (secondary N) is 1. The van der Waals surface area contributed by atoms with E-state index >= 15 is 0 Å². The Morgan fingerprint density at radius 3 is 2.39 bits per heavy atom. The van der Waals surface area contributed by atoms with Gasteiger partial charge in [0.1, 0.15) is 0 Å². The lowest BCUT2D eigenvalue weighted by Crippen LogP contribution is -2.63. The first-order valence-corrected chi connectivity index (χ1v) is 8.00. The van der Waals surface area contributed by atoms with Gasteiger partial charge in [-0.15, -0.1) is 0 Å². The summed E-state index contributed by atoms with van der Waals surface area (Å²) < 4.78 is 49.4. The lowest BCUT2D eigenvalue weighted by atomic mass is 9.78. The molecule has 2 atom stereocenters. The molecular formula is C12H17F2NO2S. The molecule has 102 valence electrons. The molecule has 0 spiro atoms. The molecule has 2 bridgehead atoms. The summed E-state index contributed by atoms with van der Waals surface area (Å²) in [6.45, 7) is 4.08. The predicted molar refractivity (Wildman–Crippen MR) is 64.3 cm³/mol. The predicted octanol–water partition coefficient (Wildman–Crippen LogP) is 1.36. The van der Waals surface area contributed by atoms with Gasteiger partial charge in [0.25, 0.3) is 5.92 Å². The van der Waals surface area contributed by atoms with Crippen LogP contribution in [-0.4, -0.2) is 37.9 Å². The van der Waals surface area contributed by atoms with E-state index in [-0.39, 0.29) is 17.4 Å². The van der Waals surface area contributed by atoms with E-state index < -0.39 is 27.2 Å². The summed E-state index contributed by atoms with van der Waals surface area (Å²) in [5.41, 5.74) is 0.695. The maximum Gasteiger partial charge on any atom is 0.273 e. The van der Waals surface area contributed by atoms with Crippen LogP contribution in [0.2, 0.25) is 0 Å². The highest BCUT2D eigenvalue weighted by Gasteiger charge is 2.63. The normalized spacial score (nSPS) is 38.2. The van der Waals surface area contributed by atoms with Gasteiger partial charge in [-0.1, -0.05) is 5.57 Å². The van der Waals surface area contributed by atoms with Gasteiger partial charge >= 0.3 is 0 Å². The van der Waals surface area contributed by atoms with Crippen LogP contribution in [0.1, 0.15) is 20.3 Å². The van der Waals surface area contributed by atoms with Gasteiger partial charge in [0, 0.05) is 23.9 Å². The maximum absolute atomic E-state index is 13.5. The Kier molecular flexibility index (Phi) is 2.32. The second-order valence-corrected chi connectivity index (χ2v) is 8.24. The molecular weight excluding hydrogens is 260 g/mol. The molecule has 18 heavy (non-hydrogen) atoms. The van der Waals surface area contributed by atoms with Gasteiger partial charge in [-0.25, -0.2) is 17.2 Å². The fourth-order valence-electron chi connectivity index (χ4n) is 3.60. The topological polar surface area (TPSA) is 46.2 Å². The zero-order valence-electron chi connectivity index (χ0n) is 10.5. The first kappa shape index (κ1) is 12.5. The van der Waals surface area contributed by atoms with E-state index in [4.69, 9.17) is 0 Å². The van der Waals surface area contributed by atoms with Crippen molar-refractivity contribution in [2.75, 3.05) is 18.1 Å². The molecule has 3 aliphatic carbocycles. The van der Waals surface area contributed by atoms with Crippen molar-refractivity contribution in [2.24, 2.45) is 11.8 Å². The molecule has 1 saturated heterocycles. The van der Waals surface area contributed by atoms with E-state index in [0.717, 1.165) is 5.57 Å². The molecule has 0 aromatic rings. The minimum atomic E-state index is -2.90. The number of fused-ring (bicyclic) bond motifs is 1. The Bertz CT molecular complexity index is 526. The summed E-state index contributed by atoms with van der Waals surface area (Å²) in [5, 5.41) is 3.17. The van der Waals surface area contributed by atoms with Crippen molar-refractivity contribution in [3.05, 3.63) is 11.1 Å². The van der Waals surface area contributed by atoms with E-state index in [0.29, 0.717) is 18.5 Å². The van der Waals surface area contributed by atoms with Crippen molar-refractivity contribution >= 4 is 9.84 Å². The number of halogens is 2. The van der Waals surface area contributed by atoms with E-state index in [2.05, 4.69) is 5.32 Å². The number of alkyl halides is 2. The molecule has 0 aromatic carbocycles. The molecule has 0 aromatic heterocycles. The Hall–Kier alpha value is -0.490. The van der Waals surface area contributed by atoms with Gasteiger partial charge in [-0.2, -0.15) is 0 Å². The van der Waals surface area contributed by atoms with Gasteiger partial charge in [-0.05, 0) is 25.8 Å². The molecule has 1 aliphatic heterocycles. The van der Waals surface area contributed by atoms with Crippen LogP contribution >= 0.6 is 0 Å². The molecule has 1 heterocycles. The summed E-state index contributed by atoms with van der Waals surface area (Å²) in [6.07, 6.45) is 0.514. The quantitative estimate of drug-likeness (QED) is 0.792. The van der Waals surface area contributed by atoms with Crippen LogP contribution in [0.3, 0.4) is 0 Å². The molecule has 4 aliphatic rings. The van der Waals surface area contributed by atoms with Crippen LogP contribution in [0, 0.1) is 11.8 Å². The van der Waals surface area contributed by atoms with Gasteiger partial charge < -0.3 is 5.32 Å². The first-order valence-electron chi connectivity index (χ1n) is 6.18. The third-order valence-corrected chi connectivity index (χ3v) is 6.79. The second-order valence-electron chi connectivity index (χ2n) is 6.18. The first-order chi connectivity index (χ1) is 8.15. The zero-order valence-corrected chi connectivity index (χ0v) is 11.3. The van der Waals surface area contributed by atoms with Crippen LogP contribution < -0.4 is 5.32 Å². The van der Waals surface area contributed by atoms with E-state index in [9.17, 15) is 17.2 Å². The summed E-state index contributed by atoms with van der Waals surface area (Å²) in [5.74, 6) is -3.08. The van der Waals surface area contributed by atoms with Crippen LogP contribution in [0.15, 0.2) is 11.1 Å². The van der Waals surface area contributed by atoms with Crippen molar-refractivity contribution in [3.63, 3.8) is 0 Å². The number of allylic oxidation sites excluding steroid dienone is 1. The molecule has 0 radical (unpaired) electrons. The number of hydrogen-bond donors (Lipinski definition) is 1. The highest BCUT2D eigenvalue weighted by molar-refractivity contribution is 7.93. The van der Waals surface area contributed by atoms with E-state index in [1.807, 2.05) is 6.92 Å². The van der Waals surface area contributed by atoms with Crippen LogP contribution in [-0.2, 0) is 9.84 Å². The molecule has 6 heteroatoms. The molecule has 3 nitrogen and oxygen atoms in total. The molecule has 4 rings (SSSR count). The van der Waals surface area contributed by atoms with Crippen molar-refractivity contribution < 1.29 is 17.2 Å². The van der Waals surface area contributed by atoms with Gasteiger partial charge in [0.15, 0.2) is 9.84 Å². The smallest absolute Gasteiger partial charge is 0.273 e. The van der Waals surface area contributed by atoms with Gasteiger partial charge in [0.05, 0.1) is 11.5 Å². The van der Waals surface area contributed by atoms with E-state index in [1.54, 1.807) is 6.92 Å². The van der Waals surface area contributed by atoms with E-state index in [1.165, 1.54) is 0 Å². The average molecular weight is 277 g/mol. The summed E-state index contributed by atoms with van der Waals surface area (Å²) >= 11 is 0. The fourth-order valence-corrected chi connectivity index (χ4v) is 5.66. The summed E-state index contributed by atoms with van der Waals surface area (Å²) in [6, 6.07) is 0. The lowest BCUT2D eigenvalue weighted by molar-refractivity contribution is -0.0709. The van der Waals surface area contributed by atoms with Crippen LogP contribution in [0.5, 0.6) is 0 Å². The number of sulfone groups is 1. The zero-order chi connectivity index (χ0) is 13.3. The third-order valence-electron chi connectivity index (χ3n) is 4.64. The fraction of sp³-hybridized carbons (Fsp3) is 0.833. The standard InChI is InChI=1S/C12H17F2NO2S/c1-7-8(10-3-9(7)12(10,13)14)4-15-11(2)5-18(16,17)6-11/h8,10,15H,3-6H2,1-2H3. The molecule has 1 N–H and O–H groups in total. The van der Waals surface area contributed by atoms with Gasteiger partial charge in [-0.3, -0.25) is 0 Å². The monoisotopic (exact) mass is 277 g/mol. The highest BCUT2D eigenvalue weighted by Crippen LogP contribution is 2.61. The molecule has 2 fully saturated rings. The second kappa shape index (κ2) is 3.33. The lowest BCUT2D eigenvalue weighted by Gasteiger charge is -2.41. The van der Waals surface area contributed by atoms with Crippen molar-refractivity contribution in [1.29, 1.82) is 0 Å². The van der Waals surface area contributed by atoms with Crippen molar-refractivity contribution in [2.45, 2.75) is 31.7 Å². The molecule has 0 amide bonds. The Balaban J connectivity index is 1.63. The summed E-state index contributed by atoms with van der Waals surface area (Å²) in [4.78, 5) is 0. The SMILES string of the molecule is CC1=C2CC(C1CNC1(C)CS(=O)(=O)C1)C2(F)F.